The molecule has 29 heavy (non-hydrogen) atoms. The number of nitrogens with zero attached hydrogens (tertiary/aromatic N) is 4. The van der Waals surface area contributed by atoms with Crippen molar-refractivity contribution >= 4 is 11.8 Å². The number of nitrogens with one attached hydrogen (secondary N) is 2. The van der Waals surface area contributed by atoms with Crippen molar-refractivity contribution in [3.8, 4) is 0 Å². The average Bonchev–Trinajstić information content (AvgIpc) is 3.25. The highest BCUT2D eigenvalue weighted by Gasteiger charge is 2.27. The van der Waals surface area contributed by atoms with Crippen LogP contribution in [0.3, 0.4) is 0 Å². The summed E-state index contributed by atoms with van der Waals surface area (Å²) in [6, 6.07) is 6.23. The standard InChI is InChI=1S/C21H28N6O2/c1-14-3-4-16(11-15(14)2)13-26-8-7-18-24-25-19(27(18)10-9-26)12-22-21(29)17-5-6-20(28)23-17/h3-4,11,17H,5-10,12-13H2,1-2H3,(H,22,29)(H,23,28). The van der Waals surface area contributed by atoms with Gasteiger partial charge in [-0.2, -0.15) is 0 Å². The van der Waals surface area contributed by atoms with Crippen molar-refractivity contribution in [2.24, 2.45) is 0 Å². The molecule has 8 nitrogen and oxygen atoms in total. The van der Waals surface area contributed by atoms with Crippen LogP contribution in [-0.4, -0.2) is 50.6 Å². The van der Waals surface area contributed by atoms with Gasteiger partial charge in [-0.3, -0.25) is 14.5 Å². The number of benzene rings is 1. The molecule has 1 atom stereocenters. The van der Waals surface area contributed by atoms with Crippen molar-refractivity contribution in [3.05, 3.63) is 46.5 Å². The summed E-state index contributed by atoms with van der Waals surface area (Å²) in [5.74, 6) is 1.51. The van der Waals surface area contributed by atoms with E-state index < -0.39 is 6.04 Å². The molecular weight excluding hydrogens is 368 g/mol. The van der Waals surface area contributed by atoms with E-state index in [4.69, 9.17) is 0 Å². The van der Waals surface area contributed by atoms with Gasteiger partial charge in [0.15, 0.2) is 5.82 Å². The molecule has 1 aromatic heterocycles. The minimum absolute atomic E-state index is 0.0645. The smallest absolute Gasteiger partial charge is 0.242 e. The quantitative estimate of drug-likeness (QED) is 0.782. The Balaban J connectivity index is 1.34. The van der Waals surface area contributed by atoms with Crippen LogP contribution in [0, 0.1) is 13.8 Å². The molecule has 2 aliphatic rings. The molecule has 1 unspecified atom stereocenters. The molecule has 0 aliphatic carbocycles. The summed E-state index contributed by atoms with van der Waals surface area (Å²) in [5, 5.41) is 14.2. The Morgan fingerprint density at radius 2 is 2.03 bits per heavy atom. The predicted molar refractivity (Wildman–Crippen MR) is 108 cm³/mol. The summed E-state index contributed by atoms with van der Waals surface area (Å²) >= 11 is 0. The van der Waals surface area contributed by atoms with E-state index in [-0.39, 0.29) is 11.8 Å². The molecule has 1 aromatic carbocycles. The molecule has 0 radical (unpaired) electrons. The van der Waals surface area contributed by atoms with E-state index in [2.05, 4.69) is 62.3 Å². The molecule has 0 saturated carbocycles. The van der Waals surface area contributed by atoms with Crippen LogP contribution >= 0.6 is 0 Å². The SMILES string of the molecule is Cc1ccc(CN2CCc3nnc(CNC(=O)C4CCC(=O)N4)n3CC2)cc1C. The van der Waals surface area contributed by atoms with E-state index in [1.165, 1.54) is 16.7 Å². The third-order valence-electron chi connectivity index (χ3n) is 5.91. The number of fused-ring (bicyclic) bond motifs is 1. The van der Waals surface area contributed by atoms with E-state index in [1.54, 1.807) is 0 Å². The Bertz CT molecular complexity index is 922. The van der Waals surface area contributed by atoms with Crippen LogP contribution < -0.4 is 10.6 Å². The lowest BCUT2D eigenvalue weighted by atomic mass is 10.1. The molecule has 3 heterocycles. The van der Waals surface area contributed by atoms with Gasteiger partial charge in [-0.1, -0.05) is 18.2 Å². The van der Waals surface area contributed by atoms with Crippen LogP contribution in [0.2, 0.25) is 0 Å². The van der Waals surface area contributed by atoms with Crippen LogP contribution in [0.1, 0.15) is 41.2 Å². The fraction of sp³-hybridized carbons (Fsp3) is 0.524. The number of rotatable bonds is 5. The first kappa shape index (κ1) is 19.6. The number of carbonyl (C=O) groups is 2. The van der Waals surface area contributed by atoms with Gasteiger partial charge in [0.05, 0.1) is 6.54 Å². The molecule has 154 valence electrons. The number of hydrogen-bond acceptors (Lipinski definition) is 5. The first-order chi connectivity index (χ1) is 14.0. The number of carbonyl (C=O) groups excluding carboxylic acids is 2. The van der Waals surface area contributed by atoms with Crippen LogP contribution in [0.15, 0.2) is 18.2 Å². The third kappa shape index (κ3) is 4.48. The summed E-state index contributed by atoms with van der Waals surface area (Å²) in [7, 11) is 0. The van der Waals surface area contributed by atoms with Gasteiger partial charge in [0.25, 0.3) is 0 Å². The first-order valence-electron chi connectivity index (χ1n) is 10.3. The highest BCUT2D eigenvalue weighted by molar-refractivity contribution is 5.90. The lowest BCUT2D eigenvalue weighted by molar-refractivity contribution is -0.125. The monoisotopic (exact) mass is 396 g/mol. The molecule has 1 fully saturated rings. The normalized spacial score (nSPS) is 19.5. The Kier molecular flexibility index (Phi) is 5.62. The second kappa shape index (κ2) is 8.32. The number of amides is 2. The van der Waals surface area contributed by atoms with Crippen molar-refractivity contribution in [1.29, 1.82) is 0 Å². The topological polar surface area (TPSA) is 92.2 Å². The van der Waals surface area contributed by atoms with Gasteiger partial charge < -0.3 is 15.2 Å². The fourth-order valence-electron chi connectivity index (χ4n) is 3.98. The summed E-state index contributed by atoms with van der Waals surface area (Å²) in [4.78, 5) is 26.0. The van der Waals surface area contributed by atoms with Crippen LogP contribution in [0.25, 0.3) is 0 Å². The van der Waals surface area contributed by atoms with Gasteiger partial charge in [-0.25, -0.2) is 0 Å². The van der Waals surface area contributed by atoms with E-state index in [9.17, 15) is 9.59 Å². The lowest BCUT2D eigenvalue weighted by Crippen LogP contribution is -2.41. The molecule has 0 spiro atoms. The highest BCUT2D eigenvalue weighted by Crippen LogP contribution is 2.15. The van der Waals surface area contributed by atoms with E-state index in [1.807, 2.05) is 0 Å². The Morgan fingerprint density at radius 1 is 1.17 bits per heavy atom. The van der Waals surface area contributed by atoms with Crippen LogP contribution in [-0.2, 0) is 35.6 Å². The molecule has 2 amide bonds. The maximum absolute atomic E-state index is 12.2. The molecule has 1 saturated heterocycles. The zero-order chi connectivity index (χ0) is 20.4. The van der Waals surface area contributed by atoms with Crippen molar-refractivity contribution in [2.75, 3.05) is 13.1 Å². The van der Waals surface area contributed by atoms with Crippen molar-refractivity contribution in [3.63, 3.8) is 0 Å². The van der Waals surface area contributed by atoms with Crippen molar-refractivity contribution in [1.82, 2.24) is 30.3 Å². The molecule has 2 aliphatic heterocycles. The van der Waals surface area contributed by atoms with Gasteiger partial charge in [0, 0.05) is 39.0 Å². The van der Waals surface area contributed by atoms with Gasteiger partial charge in [-0.05, 0) is 37.0 Å². The molecular formula is C21H28N6O2. The van der Waals surface area contributed by atoms with Gasteiger partial charge >= 0.3 is 0 Å². The molecule has 8 heteroatoms. The maximum atomic E-state index is 12.2. The van der Waals surface area contributed by atoms with E-state index >= 15 is 0 Å². The first-order valence-corrected chi connectivity index (χ1v) is 10.3. The zero-order valence-corrected chi connectivity index (χ0v) is 17.1. The Morgan fingerprint density at radius 3 is 2.79 bits per heavy atom. The largest absolute Gasteiger partial charge is 0.347 e. The summed E-state index contributed by atoms with van der Waals surface area (Å²) in [6.45, 7) is 8.20. The molecule has 0 bridgehead atoms. The van der Waals surface area contributed by atoms with Crippen molar-refractivity contribution < 1.29 is 9.59 Å². The highest BCUT2D eigenvalue weighted by atomic mass is 16.2. The minimum atomic E-state index is -0.428. The van der Waals surface area contributed by atoms with Crippen LogP contribution in [0.5, 0.6) is 0 Å². The zero-order valence-electron chi connectivity index (χ0n) is 17.1. The Hall–Kier alpha value is -2.74. The van der Waals surface area contributed by atoms with Crippen molar-refractivity contribution in [2.45, 2.75) is 58.8 Å². The summed E-state index contributed by atoms with van der Waals surface area (Å²) in [5.41, 5.74) is 3.97. The van der Waals surface area contributed by atoms with Gasteiger partial charge in [0.2, 0.25) is 11.8 Å². The number of aromatic nitrogens is 3. The second-order valence-electron chi connectivity index (χ2n) is 8.01. The number of aryl methyl sites for hydroxylation is 2. The number of hydrogen-bond donors (Lipinski definition) is 2. The summed E-state index contributed by atoms with van der Waals surface area (Å²) in [6.07, 6.45) is 1.80. The average molecular weight is 396 g/mol. The summed E-state index contributed by atoms with van der Waals surface area (Å²) < 4.78 is 2.12. The minimum Gasteiger partial charge on any atom is -0.347 e. The van der Waals surface area contributed by atoms with Gasteiger partial charge in [0.1, 0.15) is 11.9 Å². The third-order valence-corrected chi connectivity index (χ3v) is 5.91. The maximum Gasteiger partial charge on any atom is 0.242 e. The van der Waals surface area contributed by atoms with E-state index in [0.717, 1.165) is 44.2 Å². The van der Waals surface area contributed by atoms with E-state index in [0.29, 0.717) is 19.4 Å². The molecule has 4 rings (SSSR count). The lowest BCUT2D eigenvalue weighted by Gasteiger charge is -2.20. The second-order valence-corrected chi connectivity index (χ2v) is 8.01. The van der Waals surface area contributed by atoms with Crippen LogP contribution in [0.4, 0.5) is 0 Å². The molecule has 2 N–H and O–H groups in total. The van der Waals surface area contributed by atoms with Gasteiger partial charge in [-0.15, -0.1) is 10.2 Å². The predicted octanol–water partition coefficient (Wildman–Crippen LogP) is 0.848. The molecule has 2 aromatic rings. The fourth-order valence-corrected chi connectivity index (χ4v) is 3.98. The Labute approximate surface area is 170 Å².